The van der Waals surface area contributed by atoms with E-state index in [0.29, 0.717) is 46.6 Å². The van der Waals surface area contributed by atoms with Gasteiger partial charge >= 0.3 is 0 Å². The third-order valence-electron chi connectivity index (χ3n) is 4.41. The van der Waals surface area contributed by atoms with E-state index in [0.717, 1.165) is 11.3 Å². The molecule has 2 N–H and O–H groups in total. The monoisotopic (exact) mass is 443 g/mol. The van der Waals surface area contributed by atoms with E-state index in [4.69, 9.17) is 21.1 Å². The molecule has 4 rings (SSSR count). The summed E-state index contributed by atoms with van der Waals surface area (Å²) in [6, 6.07) is 12.2. The smallest absolute Gasteiger partial charge is 0.257 e. The number of aryl methyl sites for hydroxylation is 1. The summed E-state index contributed by atoms with van der Waals surface area (Å²) in [5, 5.41) is 8.54. The molecule has 1 aliphatic heterocycles. The van der Waals surface area contributed by atoms with Gasteiger partial charge < -0.3 is 14.8 Å². The molecule has 0 radical (unpaired) electrons. The molecule has 0 atom stereocenters. The first kappa shape index (κ1) is 20.2. The van der Waals surface area contributed by atoms with Crippen molar-refractivity contribution in [3.63, 3.8) is 0 Å². The van der Waals surface area contributed by atoms with Gasteiger partial charge in [-0.3, -0.25) is 14.9 Å². The van der Waals surface area contributed by atoms with Gasteiger partial charge in [0.15, 0.2) is 16.6 Å². The molecule has 2 aromatic carbocycles. The fraction of sp³-hybridized carbons (Fsp3) is 0.190. The average molecular weight is 444 g/mol. The molecule has 0 aliphatic carbocycles. The SMILES string of the molecule is O=C(CCc1csc(NC(=O)c2ccc(Cl)cc2)n1)NCc1ccc2c(c1)OCO2. The molecule has 0 fully saturated rings. The average Bonchev–Trinajstić information content (AvgIpc) is 3.40. The zero-order valence-electron chi connectivity index (χ0n) is 15.8. The molecule has 2 heterocycles. The maximum atomic E-state index is 12.2. The number of ether oxygens (including phenoxy) is 2. The molecule has 30 heavy (non-hydrogen) atoms. The molecule has 3 aromatic rings. The normalized spacial score (nSPS) is 11.9. The van der Waals surface area contributed by atoms with E-state index >= 15 is 0 Å². The van der Waals surface area contributed by atoms with Gasteiger partial charge in [-0.1, -0.05) is 17.7 Å². The second-order valence-corrected chi connectivity index (χ2v) is 7.86. The van der Waals surface area contributed by atoms with Crippen LogP contribution in [0, 0.1) is 0 Å². The van der Waals surface area contributed by atoms with Gasteiger partial charge in [0.25, 0.3) is 5.91 Å². The van der Waals surface area contributed by atoms with Gasteiger partial charge in [0.2, 0.25) is 12.7 Å². The lowest BCUT2D eigenvalue weighted by Crippen LogP contribution is -2.23. The number of nitrogens with one attached hydrogen (secondary N) is 2. The molecule has 154 valence electrons. The van der Waals surface area contributed by atoms with Gasteiger partial charge in [-0.25, -0.2) is 4.98 Å². The molecule has 1 aliphatic rings. The summed E-state index contributed by atoms with van der Waals surface area (Å²) < 4.78 is 10.6. The highest BCUT2D eigenvalue weighted by Crippen LogP contribution is 2.32. The van der Waals surface area contributed by atoms with Gasteiger partial charge in [-0.05, 0) is 48.4 Å². The number of thiazole rings is 1. The Hall–Kier alpha value is -3.10. The molecular formula is C21H18ClN3O4S. The summed E-state index contributed by atoms with van der Waals surface area (Å²) in [6.07, 6.45) is 0.791. The molecule has 2 amide bonds. The summed E-state index contributed by atoms with van der Waals surface area (Å²) in [7, 11) is 0. The Morgan fingerprint density at radius 3 is 2.73 bits per heavy atom. The fourth-order valence-electron chi connectivity index (χ4n) is 2.83. The number of carbonyl (C=O) groups excluding carboxylic acids is 2. The summed E-state index contributed by atoms with van der Waals surface area (Å²) >= 11 is 7.16. The maximum absolute atomic E-state index is 12.2. The summed E-state index contributed by atoms with van der Waals surface area (Å²) in [5.41, 5.74) is 2.19. The number of fused-ring (bicyclic) bond motifs is 1. The van der Waals surface area contributed by atoms with Crippen LogP contribution in [0.3, 0.4) is 0 Å². The first-order chi connectivity index (χ1) is 14.6. The fourth-order valence-corrected chi connectivity index (χ4v) is 3.70. The van der Waals surface area contributed by atoms with Crippen molar-refractivity contribution in [2.45, 2.75) is 19.4 Å². The van der Waals surface area contributed by atoms with Crippen molar-refractivity contribution in [2.24, 2.45) is 0 Å². The molecule has 0 unspecified atom stereocenters. The van der Waals surface area contributed by atoms with Crippen LogP contribution < -0.4 is 20.1 Å². The van der Waals surface area contributed by atoms with Crippen molar-refractivity contribution in [2.75, 3.05) is 12.1 Å². The number of aromatic nitrogens is 1. The molecule has 0 saturated heterocycles. The molecule has 9 heteroatoms. The van der Waals surface area contributed by atoms with Crippen LogP contribution in [-0.2, 0) is 17.8 Å². The van der Waals surface area contributed by atoms with Crippen LogP contribution in [-0.4, -0.2) is 23.6 Å². The minimum Gasteiger partial charge on any atom is -0.454 e. The number of anilines is 1. The second-order valence-electron chi connectivity index (χ2n) is 6.57. The zero-order chi connectivity index (χ0) is 20.9. The van der Waals surface area contributed by atoms with Crippen molar-refractivity contribution in [3.05, 3.63) is 69.7 Å². The van der Waals surface area contributed by atoms with Crippen LogP contribution in [0.2, 0.25) is 5.02 Å². The molecule has 0 bridgehead atoms. The van der Waals surface area contributed by atoms with Gasteiger partial charge in [-0.15, -0.1) is 11.3 Å². The molecule has 0 spiro atoms. The highest BCUT2D eigenvalue weighted by atomic mass is 35.5. The van der Waals surface area contributed by atoms with Crippen molar-refractivity contribution in [1.29, 1.82) is 0 Å². The number of amides is 2. The highest BCUT2D eigenvalue weighted by molar-refractivity contribution is 7.14. The number of benzene rings is 2. The molecule has 7 nitrogen and oxygen atoms in total. The Morgan fingerprint density at radius 1 is 1.10 bits per heavy atom. The predicted molar refractivity (Wildman–Crippen MR) is 114 cm³/mol. The second kappa shape index (κ2) is 9.15. The first-order valence-corrected chi connectivity index (χ1v) is 10.5. The summed E-state index contributed by atoms with van der Waals surface area (Å²) in [6.45, 7) is 0.635. The Labute approximate surface area is 182 Å². The van der Waals surface area contributed by atoms with E-state index in [1.54, 1.807) is 24.3 Å². The van der Waals surface area contributed by atoms with Crippen molar-refractivity contribution < 1.29 is 19.1 Å². The topological polar surface area (TPSA) is 89.6 Å². The van der Waals surface area contributed by atoms with Crippen LogP contribution in [0.1, 0.15) is 28.0 Å². The summed E-state index contributed by atoms with van der Waals surface area (Å²) in [5.74, 6) is 1.08. The molecular weight excluding hydrogens is 426 g/mol. The third kappa shape index (κ3) is 5.08. The van der Waals surface area contributed by atoms with E-state index in [2.05, 4.69) is 15.6 Å². The van der Waals surface area contributed by atoms with Crippen LogP contribution in [0.4, 0.5) is 5.13 Å². The van der Waals surface area contributed by atoms with Crippen LogP contribution >= 0.6 is 22.9 Å². The third-order valence-corrected chi connectivity index (χ3v) is 5.47. The zero-order valence-corrected chi connectivity index (χ0v) is 17.4. The lowest BCUT2D eigenvalue weighted by molar-refractivity contribution is -0.121. The number of nitrogens with zero attached hydrogens (tertiary/aromatic N) is 1. The number of hydrogen-bond donors (Lipinski definition) is 2. The Bertz CT molecular complexity index is 1070. The van der Waals surface area contributed by atoms with E-state index < -0.39 is 0 Å². The van der Waals surface area contributed by atoms with E-state index in [1.807, 2.05) is 23.6 Å². The van der Waals surface area contributed by atoms with Gasteiger partial charge in [-0.2, -0.15) is 0 Å². The number of halogens is 1. The van der Waals surface area contributed by atoms with E-state index in [1.165, 1.54) is 11.3 Å². The lowest BCUT2D eigenvalue weighted by Gasteiger charge is -2.06. The maximum Gasteiger partial charge on any atom is 0.257 e. The number of hydrogen-bond acceptors (Lipinski definition) is 6. The minimum absolute atomic E-state index is 0.0765. The van der Waals surface area contributed by atoms with Crippen molar-refractivity contribution in [3.8, 4) is 11.5 Å². The number of carbonyl (C=O) groups is 2. The van der Waals surface area contributed by atoms with Crippen LogP contribution in [0.5, 0.6) is 11.5 Å². The van der Waals surface area contributed by atoms with Gasteiger partial charge in [0, 0.05) is 28.9 Å². The Balaban J connectivity index is 1.23. The first-order valence-electron chi connectivity index (χ1n) is 9.23. The van der Waals surface area contributed by atoms with E-state index in [-0.39, 0.29) is 18.6 Å². The standard InChI is InChI=1S/C21H18ClN3O4S/c22-15-4-2-14(3-5-15)20(27)25-21-24-16(11-30-21)6-8-19(26)23-10-13-1-7-17-18(9-13)29-12-28-17/h1-5,7,9,11H,6,8,10,12H2,(H,23,26)(H,24,25,27). The van der Waals surface area contributed by atoms with Gasteiger partial charge in [0.05, 0.1) is 5.69 Å². The van der Waals surface area contributed by atoms with Crippen molar-refractivity contribution in [1.82, 2.24) is 10.3 Å². The summed E-state index contributed by atoms with van der Waals surface area (Å²) in [4.78, 5) is 28.7. The molecule has 0 saturated carbocycles. The largest absolute Gasteiger partial charge is 0.454 e. The minimum atomic E-state index is -0.256. The van der Waals surface area contributed by atoms with Crippen LogP contribution in [0.15, 0.2) is 47.8 Å². The Kier molecular flexibility index (Phi) is 6.15. The van der Waals surface area contributed by atoms with E-state index in [9.17, 15) is 9.59 Å². The quantitative estimate of drug-likeness (QED) is 0.575. The lowest BCUT2D eigenvalue weighted by atomic mass is 10.2. The van der Waals surface area contributed by atoms with Crippen LogP contribution in [0.25, 0.3) is 0 Å². The highest BCUT2D eigenvalue weighted by Gasteiger charge is 2.14. The van der Waals surface area contributed by atoms with Gasteiger partial charge in [0.1, 0.15) is 0 Å². The predicted octanol–water partition coefficient (Wildman–Crippen LogP) is 4.03. The Morgan fingerprint density at radius 2 is 1.90 bits per heavy atom. The molecule has 1 aromatic heterocycles. The van der Waals surface area contributed by atoms with Crippen molar-refractivity contribution >= 4 is 39.9 Å². The number of rotatable bonds is 7.